The summed E-state index contributed by atoms with van der Waals surface area (Å²) < 4.78 is 0. The molecule has 2 aromatic rings. The van der Waals surface area contributed by atoms with Crippen LogP contribution in [0.3, 0.4) is 0 Å². The molecule has 88 valence electrons. The molecule has 0 atom stereocenters. The summed E-state index contributed by atoms with van der Waals surface area (Å²) >= 11 is 7.26. The third-order valence-corrected chi connectivity index (χ3v) is 3.34. The molecule has 3 N–H and O–H groups in total. The maximum atomic E-state index is 11.1. The van der Waals surface area contributed by atoms with E-state index < -0.39 is 0 Å². The number of benzene rings is 1. The zero-order chi connectivity index (χ0) is 12.3. The topological polar surface area (TPSA) is 71.8 Å². The molecule has 0 aliphatic rings. The Kier molecular flexibility index (Phi) is 3.83. The number of nitrogens with two attached hydrogens (primary N) is 1. The minimum atomic E-state index is -0.182. The number of nitrogens with one attached hydrogen (secondary N) is 1. The summed E-state index contributed by atoms with van der Waals surface area (Å²) in [6.07, 6.45) is 1.47. The predicted molar refractivity (Wildman–Crippen MR) is 68.3 cm³/mol. The van der Waals surface area contributed by atoms with Gasteiger partial charge < -0.3 is 10.7 Å². The van der Waals surface area contributed by atoms with Crippen LogP contribution in [0.2, 0.25) is 5.02 Å². The molecule has 0 bridgehead atoms. The number of aromatic nitrogens is 2. The van der Waals surface area contributed by atoms with Crippen molar-refractivity contribution in [1.82, 2.24) is 9.97 Å². The van der Waals surface area contributed by atoms with Gasteiger partial charge in [-0.15, -0.1) is 0 Å². The smallest absolute Gasteiger partial charge is 0.251 e. The molecule has 1 aromatic heterocycles. The van der Waals surface area contributed by atoms with Gasteiger partial charge in [0.25, 0.3) is 5.56 Å². The van der Waals surface area contributed by atoms with Gasteiger partial charge in [0.15, 0.2) is 5.16 Å². The predicted octanol–water partition coefficient (Wildman–Crippen LogP) is 2.03. The van der Waals surface area contributed by atoms with Gasteiger partial charge in [-0.2, -0.15) is 0 Å². The van der Waals surface area contributed by atoms with Gasteiger partial charge in [-0.1, -0.05) is 29.4 Å². The van der Waals surface area contributed by atoms with Crippen molar-refractivity contribution in [3.8, 4) is 0 Å². The van der Waals surface area contributed by atoms with Crippen LogP contribution < -0.4 is 11.3 Å². The second-order valence-electron chi connectivity index (χ2n) is 3.30. The number of halogens is 1. The van der Waals surface area contributed by atoms with Crippen molar-refractivity contribution in [1.29, 1.82) is 0 Å². The zero-order valence-corrected chi connectivity index (χ0v) is 10.4. The highest BCUT2D eigenvalue weighted by molar-refractivity contribution is 7.99. The zero-order valence-electron chi connectivity index (χ0n) is 8.81. The molecule has 2 rings (SSSR count). The lowest BCUT2D eigenvalue weighted by Gasteiger charge is -2.06. The van der Waals surface area contributed by atoms with Crippen molar-refractivity contribution in [2.45, 2.75) is 16.6 Å². The number of nitrogens with zero attached hydrogens (tertiary/aromatic N) is 1. The molecule has 1 heterocycles. The lowest BCUT2D eigenvalue weighted by molar-refractivity contribution is 0.933. The molecule has 0 amide bonds. The Labute approximate surface area is 107 Å². The van der Waals surface area contributed by atoms with Gasteiger partial charge in [-0.25, -0.2) is 4.98 Å². The van der Waals surface area contributed by atoms with Crippen LogP contribution in [0.5, 0.6) is 0 Å². The first kappa shape index (κ1) is 12.2. The molecule has 0 fully saturated rings. The third kappa shape index (κ3) is 3.09. The fourth-order valence-corrected chi connectivity index (χ4v) is 2.48. The van der Waals surface area contributed by atoms with Crippen LogP contribution in [0.15, 0.2) is 45.3 Å². The van der Waals surface area contributed by atoms with E-state index >= 15 is 0 Å². The molecule has 1 aromatic carbocycles. The largest absolute Gasteiger partial charge is 0.326 e. The molecule has 4 nitrogen and oxygen atoms in total. The first-order valence-corrected chi connectivity index (χ1v) is 6.10. The van der Waals surface area contributed by atoms with Crippen LogP contribution in [-0.4, -0.2) is 9.97 Å². The van der Waals surface area contributed by atoms with Gasteiger partial charge in [-0.05, 0) is 17.7 Å². The SMILES string of the molecule is NCc1ccc(Cl)cc1Sc1nccc(=O)[nH]1. The average molecular weight is 268 g/mol. The van der Waals surface area contributed by atoms with Crippen molar-refractivity contribution in [3.63, 3.8) is 0 Å². The van der Waals surface area contributed by atoms with E-state index in [2.05, 4.69) is 9.97 Å². The Morgan fingerprint density at radius 2 is 2.24 bits per heavy atom. The van der Waals surface area contributed by atoms with Crippen molar-refractivity contribution in [2.75, 3.05) is 0 Å². The van der Waals surface area contributed by atoms with Crippen LogP contribution in [0.1, 0.15) is 5.56 Å². The molecule has 0 unspecified atom stereocenters. The van der Waals surface area contributed by atoms with Gasteiger partial charge in [0.2, 0.25) is 0 Å². The number of aromatic amines is 1. The Hall–Kier alpha value is -1.30. The molecular formula is C11H10ClN3OS. The minimum absolute atomic E-state index is 0.182. The summed E-state index contributed by atoms with van der Waals surface area (Å²) in [6.45, 7) is 0.413. The third-order valence-electron chi connectivity index (χ3n) is 2.10. The molecular weight excluding hydrogens is 258 g/mol. The van der Waals surface area contributed by atoms with E-state index in [1.165, 1.54) is 24.0 Å². The minimum Gasteiger partial charge on any atom is -0.326 e. The standard InChI is InChI=1S/C11H10ClN3OS/c12-8-2-1-7(6-13)9(5-8)17-11-14-4-3-10(16)15-11/h1-5H,6,13H2,(H,14,15,16). The average Bonchev–Trinajstić information content (AvgIpc) is 2.29. The molecule has 0 spiro atoms. The van der Waals surface area contributed by atoms with E-state index in [1.54, 1.807) is 12.1 Å². The van der Waals surface area contributed by atoms with Crippen LogP contribution in [0.4, 0.5) is 0 Å². The summed E-state index contributed by atoms with van der Waals surface area (Å²) in [5.74, 6) is 0. The van der Waals surface area contributed by atoms with E-state index in [0.717, 1.165) is 10.5 Å². The van der Waals surface area contributed by atoms with Gasteiger partial charge in [0.05, 0.1) is 0 Å². The molecule has 0 saturated heterocycles. The number of H-pyrrole nitrogens is 1. The second kappa shape index (κ2) is 5.35. The first-order valence-electron chi connectivity index (χ1n) is 4.91. The Morgan fingerprint density at radius 3 is 2.94 bits per heavy atom. The lowest BCUT2D eigenvalue weighted by Crippen LogP contribution is -2.05. The normalized spacial score (nSPS) is 10.5. The quantitative estimate of drug-likeness (QED) is 0.835. The van der Waals surface area contributed by atoms with Crippen molar-refractivity contribution >= 4 is 23.4 Å². The van der Waals surface area contributed by atoms with Crippen LogP contribution in [-0.2, 0) is 6.54 Å². The van der Waals surface area contributed by atoms with E-state index in [9.17, 15) is 4.79 Å². The van der Waals surface area contributed by atoms with E-state index in [0.29, 0.717) is 16.7 Å². The molecule has 6 heteroatoms. The van der Waals surface area contributed by atoms with Gasteiger partial charge >= 0.3 is 0 Å². The number of hydrogen-bond acceptors (Lipinski definition) is 4. The summed E-state index contributed by atoms with van der Waals surface area (Å²) in [6, 6.07) is 6.83. The highest BCUT2D eigenvalue weighted by atomic mass is 35.5. The lowest BCUT2D eigenvalue weighted by atomic mass is 10.2. The van der Waals surface area contributed by atoms with Crippen LogP contribution in [0, 0.1) is 0 Å². The van der Waals surface area contributed by atoms with Crippen LogP contribution >= 0.6 is 23.4 Å². The maximum Gasteiger partial charge on any atom is 0.251 e. The van der Waals surface area contributed by atoms with E-state index in [4.69, 9.17) is 17.3 Å². The van der Waals surface area contributed by atoms with Crippen molar-refractivity contribution in [3.05, 3.63) is 51.4 Å². The summed E-state index contributed by atoms with van der Waals surface area (Å²) in [4.78, 5) is 18.7. The molecule has 0 saturated carbocycles. The van der Waals surface area contributed by atoms with Gasteiger partial charge in [-0.3, -0.25) is 4.79 Å². The van der Waals surface area contributed by atoms with Crippen molar-refractivity contribution < 1.29 is 0 Å². The maximum absolute atomic E-state index is 11.1. The summed E-state index contributed by atoms with van der Waals surface area (Å²) in [7, 11) is 0. The fraction of sp³-hybridized carbons (Fsp3) is 0.0909. The van der Waals surface area contributed by atoms with E-state index in [1.807, 2.05) is 6.07 Å². The van der Waals surface area contributed by atoms with Crippen molar-refractivity contribution in [2.24, 2.45) is 5.73 Å². The first-order chi connectivity index (χ1) is 8.19. The number of hydrogen-bond donors (Lipinski definition) is 2. The monoisotopic (exact) mass is 267 g/mol. The molecule has 0 radical (unpaired) electrons. The highest BCUT2D eigenvalue weighted by Gasteiger charge is 2.05. The Morgan fingerprint density at radius 1 is 1.41 bits per heavy atom. The van der Waals surface area contributed by atoms with E-state index in [-0.39, 0.29) is 5.56 Å². The van der Waals surface area contributed by atoms with Crippen LogP contribution in [0.25, 0.3) is 0 Å². The molecule has 17 heavy (non-hydrogen) atoms. The molecule has 0 aliphatic carbocycles. The molecule has 0 aliphatic heterocycles. The second-order valence-corrected chi connectivity index (χ2v) is 4.76. The Balaban J connectivity index is 2.35. The summed E-state index contributed by atoms with van der Waals surface area (Å²) in [5, 5.41) is 1.15. The Bertz CT molecular complexity index is 585. The van der Waals surface area contributed by atoms with Gasteiger partial charge in [0, 0.05) is 28.7 Å². The van der Waals surface area contributed by atoms with Gasteiger partial charge in [0.1, 0.15) is 0 Å². The fourth-order valence-electron chi connectivity index (χ4n) is 1.30. The highest BCUT2D eigenvalue weighted by Crippen LogP contribution is 2.29. The summed E-state index contributed by atoms with van der Waals surface area (Å²) in [5.41, 5.74) is 6.42. The number of rotatable bonds is 3.